The van der Waals surface area contributed by atoms with E-state index in [4.69, 9.17) is 31.5 Å². The van der Waals surface area contributed by atoms with Gasteiger partial charge in [-0.2, -0.15) is 0 Å². The summed E-state index contributed by atoms with van der Waals surface area (Å²) >= 11 is 6.26. The molecule has 19 nitrogen and oxygen atoms in total. The Hall–Kier alpha value is -6.06. The molecule has 2 atom stereocenters. The number of nitrogens with two attached hydrogens (primary N) is 1. The van der Waals surface area contributed by atoms with Gasteiger partial charge in [-0.15, -0.1) is 0 Å². The van der Waals surface area contributed by atoms with E-state index in [-0.39, 0.29) is 61.2 Å². The van der Waals surface area contributed by atoms with Gasteiger partial charge in [0.05, 0.1) is 68.3 Å². The minimum Gasteiger partial charge on any atom is -0.377 e. The number of likely N-dealkylation sites (tertiary alicyclic amines) is 2. The van der Waals surface area contributed by atoms with Crippen LogP contribution in [0.4, 0.5) is 11.5 Å². The van der Waals surface area contributed by atoms with Crippen LogP contribution in [0.15, 0.2) is 79.4 Å². The molecule has 3 aromatic heterocycles. The number of nitrogens with one attached hydrogen (secondary N) is 5. The Balaban J connectivity index is 0.705. The highest BCUT2D eigenvalue weighted by atomic mass is 35.5. The van der Waals surface area contributed by atoms with E-state index >= 15 is 0 Å². The van der Waals surface area contributed by atoms with Gasteiger partial charge in [0.25, 0.3) is 5.91 Å². The molecule has 6 heterocycles. The van der Waals surface area contributed by atoms with E-state index in [0.29, 0.717) is 82.6 Å². The van der Waals surface area contributed by atoms with Crippen molar-refractivity contribution in [2.75, 3.05) is 109 Å². The van der Waals surface area contributed by atoms with Crippen molar-refractivity contribution in [2.24, 2.45) is 11.7 Å². The number of piperidine rings is 3. The van der Waals surface area contributed by atoms with Crippen molar-refractivity contribution >= 4 is 57.8 Å². The highest BCUT2D eigenvalue weighted by Gasteiger charge is 2.39. The van der Waals surface area contributed by atoms with Gasteiger partial charge >= 0.3 is 0 Å². The molecule has 0 aliphatic carbocycles. The van der Waals surface area contributed by atoms with Gasteiger partial charge in [-0.05, 0) is 98.4 Å². The van der Waals surface area contributed by atoms with Gasteiger partial charge in [0.15, 0.2) is 5.69 Å². The molecule has 4 amide bonds. The summed E-state index contributed by atoms with van der Waals surface area (Å²) in [7, 11) is 1.81. The Labute approximate surface area is 444 Å². The van der Waals surface area contributed by atoms with Crippen LogP contribution < -0.4 is 31.9 Å². The lowest BCUT2D eigenvalue weighted by molar-refractivity contribution is -0.133. The van der Waals surface area contributed by atoms with E-state index < -0.39 is 11.4 Å². The second-order valence-electron chi connectivity index (χ2n) is 19.9. The number of anilines is 2. The standard InChI is InChI=1S/C55H73ClN12O7/c1-3-38-5-4-6-41(31-38)42-33-47(64-48(69)36-58-34-39-12-20-66(2)49(70)32-39)50(61-35-42)53(71)60-19-26-73-27-28-74-29-30-75-44-13-21-67(22-14-44)23-15-46(40-7-9-43(56)10-8-40)65-54(72)55(57)16-24-68(25-17-55)52-45-11-18-59-51(45)62-37-63-52/h4-11,18,31,33,35,37,39,44,46,58H,3,12-17,19-30,32,34,36,57H2,1-2H3,(H,60,71)(H,64,69)(H,65,72)(H,59,62,63)/t39?,46-/m0/s1. The summed E-state index contributed by atoms with van der Waals surface area (Å²) in [5.41, 5.74) is 10.9. The van der Waals surface area contributed by atoms with Crippen molar-refractivity contribution in [3.8, 4) is 11.1 Å². The first-order valence-electron chi connectivity index (χ1n) is 26.4. The van der Waals surface area contributed by atoms with E-state index in [1.807, 2.05) is 55.7 Å². The summed E-state index contributed by atoms with van der Waals surface area (Å²) in [6.45, 7) is 9.31. The number of aryl methyl sites for hydroxylation is 1. The average Bonchev–Trinajstić information content (AvgIpc) is 3.92. The van der Waals surface area contributed by atoms with Crippen molar-refractivity contribution in [1.82, 2.24) is 45.7 Å². The molecule has 8 rings (SSSR count). The van der Waals surface area contributed by atoms with E-state index in [1.165, 1.54) is 0 Å². The van der Waals surface area contributed by atoms with Gasteiger partial charge in [0.1, 0.15) is 17.8 Å². The molecular weight excluding hydrogens is 976 g/mol. The number of rotatable bonds is 25. The summed E-state index contributed by atoms with van der Waals surface area (Å²) in [4.78, 5) is 75.4. The van der Waals surface area contributed by atoms with Crippen molar-refractivity contribution in [3.05, 3.63) is 101 Å². The third-order valence-corrected chi connectivity index (χ3v) is 14.8. The molecule has 402 valence electrons. The number of fused-ring (bicyclic) bond motifs is 1. The molecule has 0 saturated carbocycles. The first kappa shape index (κ1) is 55.2. The number of H-pyrrole nitrogens is 1. The summed E-state index contributed by atoms with van der Waals surface area (Å²) < 4.78 is 17.7. The summed E-state index contributed by atoms with van der Waals surface area (Å²) in [5, 5.41) is 13.9. The van der Waals surface area contributed by atoms with Crippen LogP contribution in [0.25, 0.3) is 22.2 Å². The van der Waals surface area contributed by atoms with E-state index in [2.05, 4.69) is 70.1 Å². The number of benzene rings is 2. The second kappa shape index (κ2) is 27.1. The first-order valence-corrected chi connectivity index (χ1v) is 26.8. The van der Waals surface area contributed by atoms with E-state index in [0.717, 1.165) is 90.8 Å². The molecule has 75 heavy (non-hydrogen) atoms. The molecule has 0 bridgehead atoms. The number of carbonyl (C=O) groups excluding carboxylic acids is 4. The monoisotopic (exact) mass is 1050 g/mol. The third-order valence-electron chi connectivity index (χ3n) is 14.6. The number of pyridine rings is 1. The molecule has 0 spiro atoms. The fraction of sp³-hybridized carbons (Fsp3) is 0.509. The summed E-state index contributed by atoms with van der Waals surface area (Å²) in [6, 6.07) is 19.3. The fourth-order valence-corrected chi connectivity index (χ4v) is 10.1. The number of halogens is 1. The fourth-order valence-electron chi connectivity index (χ4n) is 9.94. The van der Waals surface area contributed by atoms with Gasteiger partial charge in [0.2, 0.25) is 17.7 Å². The number of hydrogen-bond acceptors (Lipinski definition) is 14. The van der Waals surface area contributed by atoms with Crippen LogP contribution in [0.5, 0.6) is 0 Å². The van der Waals surface area contributed by atoms with Crippen molar-refractivity contribution in [3.63, 3.8) is 0 Å². The normalized spacial score (nSPS) is 17.8. The van der Waals surface area contributed by atoms with Gasteiger partial charge in [-0.1, -0.05) is 54.9 Å². The van der Waals surface area contributed by atoms with Gasteiger partial charge < -0.3 is 60.9 Å². The van der Waals surface area contributed by atoms with Gasteiger partial charge in [-0.25, -0.2) is 15.0 Å². The van der Waals surface area contributed by atoms with E-state index in [9.17, 15) is 19.2 Å². The molecule has 3 saturated heterocycles. The second-order valence-corrected chi connectivity index (χ2v) is 20.3. The minimum atomic E-state index is -1.00. The van der Waals surface area contributed by atoms with Crippen LogP contribution >= 0.6 is 11.6 Å². The molecule has 3 aliphatic rings. The van der Waals surface area contributed by atoms with Crippen LogP contribution in [0, 0.1) is 5.92 Å². The minimum absolute atomic E-state index is 0.0278. The lowest BCUT2D eigenvalue weighted by Gasteiger charge is -2.39. The van der Waals surface area contributed by atoms with Crippen molar-refractivity contribution < 1.29 is 33.4 Å². The molecule has 0 radical (unpaired) electrons. The number of aromatic amines is 1. The third kappa shape index (κ3) is 15.5. The zero-order valence-corrected chi connectivity index (χ0v) is 44.0. The highest BCUT2D eigenvalue weighted by Crippen LogP contribution is 2.30. The van der Waals surface area contributed by atoms with Gasteiger partial charge in [-0.3, -0.25) is 19.2 Å². The number of amides is 4. The van der Waals surface area contributed by atoms with Gasteiger partial charge in [0, 0.05) is 82.3 Å². The molecule has 2 aromatic carbocycles. The molecule has 1 unspecified atom stereocenters. The van der Waals surface area contributed by atoms with Crippen LogP contribution in [-0.4, -0.2) is 164 Å². The number of nitrogens with zero attached hydrogens (tertiary/aromatic N) is 6. The maximum absolute atomic E-state index is 13.9. The molecule has 3 aliphatic heterocycles. The maximum atomic E-state index is 13.9. The number of hydrogen-bond donors (Lipinski definition) is 6. The predicted molar refractivity (Wildman–Crippen MR) is 290 cm³/mol. The largest absolute Gasteiger partial charge is 0.377 e. The molecule has 20 heteroatoms. The maximum Gasteiger partial charge on any atom is 0.272 e. The molecular formula is C55H73ClN12O7. The quantitative estimate of drug-likeness (QED) is 0.0417. The number of ether oxygens (including phenoxy) is 3. The zero-order chi connectivity index (χ0) is 52.6. The topological polar surface area (TPSA) is 234 Å². The van der Waals surface area contributed by atoms with Crippen LogP contribution in [0.1, 0.15) is 79.5 Å². The smallest absolute Gasteiger partial charge is 0.272 e. The highest BCUT2D eigenvalue weighted by molar-refractivity contribution is 6.30. The SMILES string of the molecule is CCc1cccc(-c2cnc(C(=O)NCCOCCOCCOC3CCN(CC[C@H](NC(=O)C4(N)CCN(c5ncnc6[nH]ccc56)CC4)c4ccc(Cl)cc4)CC3)c(NC(=O)CNCC3CCN(C)C(=O)C3)c2)c1. The summed E-state index contributed by atoms with van der Waals surface area (Å²) in [6.07, 6.45) is 10.9. The zero-order valence-electron chi connectivity index (χ0n) is 43.3. The van der Waals surface area contributed by atoms with Crippen LogP contribution in [0.3, 0.4) is 0 Å². The Morgan fingerprint density at radius 1 is 0.907 bits per heavy atom. The van der Waals surface area contributed by atoms with Crippen molar-refractivity contribution in [1.29, 1.82) is 0 Å². The number of carbonyl (C=O) groups is 4. The molecule has 5 aromatic rings. The predicted octanol–water partition coefficient (Wildman–Crippen LogP) is 5.12. The molecule has 3 fully saturated rings. The Kier molecular flexibility index (Phi) is 20.0. The number of aromatic nitrogens is 4. The lowest BCUT2D eigenvalue weighted by atomic mass is 9.86. The van der Waals surface area contributed by atoms with Crippen molar-refractivity contribution in [2.45, 2.75) is 76.0 Å². The lowest BCUT2D eigenvalue weighted by Crippen LogP contribution is -2.60. The Morgan fingerprint density at radius 2 is 1.68 bits per heavy atom. The van der Waals surface area contributed by atoms with E-state index in [1.54, 1.807) is 23.5 Å². The average molecular weight is 1050 g/mol. The van der Waals surface area contributed by atoms with Crippen LogP contribution in [0.2, 0.25) is 5.02 Å². The first-order chi connectivity index (χ1) is 36.4. The Bertz CT molecular complexity index is 2670. The Morgan fingerprint density at radius 3 is 2.45 bits per heavy atom. The van der Waals surface area contributed by atoms with Crippen LogP contribution in [-0.2, 0) is 35.0 Å². The summed E-state index contributed by atoms with van der Waals surface area (Å²) in [5.74, 6) is 0.241. The molecule has 7 N–H and O–H groups in total.